The van der Waals surface area contributed by atoms with E-state index in [9.17, 15) is 0 Å². The van der Waals surface area contributed by atoms with Crippen LogP contribution in [0.5, 0.6) is 0 Å². The van der Waals surface area contributed by atoms with Gasteiger partial charge in [-0.15, -0.1) is 24.0 Å². The molecule has 1 heterocycles. The summed E-state index contributed by atoms with van der Waals surface area (Å²) < 4.78 is 0. The fraction of sp³-hybridized carbons (Fsp3) is 0.933. The predicted octanol–water partition coefficient (Wildman–Crippen LogP) is 3.62. The minimum absolute atomic E-state index is 0. The van der Waals surface area contributed by atoms with Gasteiger partial charge in [0.05, 0.1) is 0 Å². The monoisotopic (exact) mass is 379 g/mol. The minimum Gasteiger partial charge on any atom is -0.370 e. The maximum absolute atomic E-state index is 6.16. The van der Waals surface area contributed by atoms with E-state index < -0.39 is 0 Å². The summed E-state index contributed by atoms with van der Waals surface area (Å²) >= 11 is 0. The largest absolute Gasteiger partial charge is 0.370 e. The van der Waals surface area contributed by atoms with Crippen molar-refractivity contribution >= 4 is 29.9 Å². The molecule has 2 aliphatic rings. The van der Waals surface area contributed by atoms with Crippen LogP contribution in [0.25, 0.3) is 0 Å². The van der Waals surface area contributed by atoms with E-state index in [4.69, 9.17) is 10.7 Å². The van der Waals surface area contributed by atoms with Crippen LogP contribution < -0.4 is 5.73 Å². The Hall–Kier alpha value is 0. The van der Waals surface area contributed by atoms with Crippen LogP contribution in [0.4, 0.5) is 0 Å². The van der Waals surface area contributed by atoms with Crippen LogP contribution >= 0.6 is 24.0 Å². The molecule has 2 N–H and O–H groups in total. The van der Waals surface area contributed by atoms with Crippen molar-refractivity contribution < 1.29 is 0 Å². The van der Waals surface area contributed by atoms with Crippen molar-refractivity contribution in [3.63, 3.8) is 0 Å². The molecule has 0 bridgehead atoms. The van der Waals surface area contributed by atoms with Crippen molar-refractivity contribution in [2.24, 2.45) is 22.1 Å². The summed E-state index contributed by atoms with van der Waals surface area (Å²) in [4.78, 5) is 6.99. The standard InChI is InChI=1S/C15H29N3.HI/c1-3-15(8-4-5-9-15)12-17-14(16)18-10-6-13(2)7-11-18;/h13H,3-12H2,1-2H3,(H2,16,17);1H. The molecule has 112 valence electrons. The molecule has 2 rings (SSSR count). The van der Waals surface area contributed by atoms with Gasteiger partial charge in [-0.2, -0.15) is 0 Å². The van der Waals surface area contributed by atoms with Crippen molar-refractivity contribution in [2.45, 2.75) is 58.8 Å². The van der Waals surface area contributed by atoms with Crippen LogP contribution in [-0.4, -0.2) is 30.5 Å². The van der Waals surface area contributed by atoms with E-state index >= 15 is 0 Å². The van der Waals surface area contributed by atoms with Gasteiger partial charge in [0, 0.05) is 19.6 Å². The summed E-state index contributed by atoms with van der Waals surface area (Å²) in [6.45, 7) is 7.77. The molecule has 0 atom stereocenters. The first-order valence-corrected chi connectivity index (χ1v) is 7.70. The van der Waals surface area contributed by atoms with E-state index in [2.05, 4.69) is 18.7 Å². The second-order valence-electron chi connectivity index (χ2n) is 6.40. The van der Waals surface area contributed by atoms with Gasteiger partial charge in [-0.1, -0.05) is 26.7 Å². The fourth-order valence-corrected chi connectivity index (χ4v) is 3.33. The van der Waals surface area contributed by atoms with Crippen molar-refractivity contribution in [1.82, 2.24) is 4.90 Å². The number of nitrogens with two attached hydrogens (primary N) is 1. The maximum atomic E-state index is 6.16. The molecule has 0 aromatic heterocycles. The molecule has 0 aromatic carbocycles. The number of nitrogens with zero attached hydrogens (tertiary/aromatic N) is 2. The predicted molar refractivity (Wildman–Crippen MR) is 93.1 cm³/mol. The lowest BCUT2D eigenvalue weighted by Crippen LogP contribution is -2.43. The highest BCUT2D eigenvalue weighted by atomic mass is 127. The summed E-state index contributed by atoms with van der Waals surface area (Å²) in [6, 6.07) is 0. The Morgan fingerprint density at radius 1 is 1.26 bits per heavy atom. The Kier molecular flexibility index (Phi) is 6.91. The van der Waals surface area contributed by atoms with Gasteiger partial charge in [0.15, 0.2) is 5.96 Å². The van der Waals surface area contributed by atoms with Crippen molar-refractivity contribution in [2.75, 3.05) is 19.6 Å². The third kappa shape index (κ3) is 4.50. The highest BCUT2D eigenvalue weighted by Gasteiger charge is 2.31. The van der Waals surface area contributed by atoms with Gasteiger partial charge < -0.3 is 10.6 Å². The number of hydrogen-bond donors (Lipinski definition) is 1. The molecule has 1 saturated carbocycles. The zero-order valence-electron chi connectivity index (χ0n) is 12.5. The van der Waals surface area contributed by atoms with Crippen molar-refractivity contribution in [3.05, 3.63) is 0 Å². The zero-order chi connectivity index (χ0) is 13.0. The lowest BCUT2D eigenvalue weighted by Gasteiger charge is -2.32. The van der Waals surface area contributed by atoms with Gasteiger partial charge in [0.2, 0.25) is 0 Å². The van der Waals surface area contributed by atoms with Gasteiger partial charge in [-0.05, 0) is 43.4 Å². The highest BCUT2D eigenvalue weighted by molar-refractivity contribution is 14.0. The normalized spacial score (nSPS) is 24.3. The summed E-state index contributed by atoms with van der Waals surface area (Å²) in [6.07, 6.45) is 9.22. The van der Waals surface area contributed by atoms with Crippen LogP contribution in [0, 0.1) is 11.3 Å². The Bertz CT molecular complexity index is 290. The van der Waals surface area contributed by atoms with E-state index in [0.717, 1.165) is 31.5 Å². The van der Waals surface area contributed by atoms with E-state index in [0.29, 0.717) is 5.41 Å². The quantitative estimate of drug-likeness (QED) is 0.462. The molecule has 0 unspecified atom stereocenters. The number of halogens is 1. The lowest BCUT2D eigenvalue weighted by atomic mass is 9.83. The summed E-state index contributed by atoms with van der Waals surface area (Å²) in [7, 11) is 0. The number of rotatable bonds is 3. The average Bonchev–Trinajstić information content (AvgIpc) is 2.86. The molecule has 1 aliphatic carbocycles. The highest BCUT2D eigenvalue weighted by Crippen LogP contribution is 2.41. The smallest absolute Gasteiger partial charge is 0.191 e. The number of guanidine groups is 1. The maximum Gasteiger partial charge on any atom is 0.191 e. The molecule has 3 nitrogen and oxygen atoms in total. The molecule has 0 aromatic rings. The molecule has 0 spiro atoms. The summed E-state index contributed by atoms with van der Waals surface area (Å²) in [5.41, 5.74) is 6.63. The molecule has 19 heavy (non-hydrogen) atoms. The second kappa shape index (κ2) is 7.70. The SMILES string of the molecule is CCC1(CN=C(N)N2CCC(C)CC2)CCCC1.I. The van der Waals surface area contributed by atoms with Crippen molar-refractivity contribution in [1.29, 1.82) is 0 Å². The Morgan fingerprint density at radius 3 is 2.37 bits per heavy atom. The molecule has 0 amide bonds. The number of aliphatic imine (C=N–C) groups is 1. The average molecular weight is 379 g/mol. The van der Waals surface area contributed by atoms with Crippen LogP contribution in [0.1, 0.15) is 58.8 Å². The van der Waals surface area contributed by atoms with Crippen LogP contribution in [0.2, 0.25) is 0 Å². The number of piperidine rings is 1. The first-order chi connectivity index (χ1) is 8.65. The molecule has 1 saturated heterocycles. The van der Waals surface area contributed by atoms with Crippen molar-refractivity contribution in [3.8, 4) is 0 Å². The first-order valence-electron chi connectivity index (χ1n) is 7.70. The van der Waals surface area contributed by atoms with Gasteiger partial charge in [0.25, 0.3) is 0 Å². The van der Waals surface area contributed by atoms with Gasteiger partial charge in [-0.3, -0.25) is 4.99 Å². The molecule has 2 fully saturated rings. The number of likely N-dealkylation sites (tertiary alicyclic amines) is 1. The topological polar surface area (TPSA) is 41.6 Å². The van der Waals surface area contributed by atoms with E-state index in [1.54, 1.807) is 0 Å². The van der Waals surface area contributed by atoms with E-state index in [-0.39, 0.29) is 24.0 Å². The first kappa shape index (κ1) is 17.1. The van der Waals surface area contributed by atoms with Gasteiger partial charge in [0.1, 0.15) is 0 Å². The fourth-order valence-electron chi connectivity index (χ4n) is 3.33. The molecular weight excluding hydrogens is 349 g/mol. The zero-order valence-corrected chi connectivity index (χ0v) is 14.9. The van der Waals surface area contributed by atoms with Crippen LogP contribution in [0.3, 0.4) is 0 Å². The third-order valence-corrected chi connectivity index (χ3v) is 5.10. The lowest BCUT2D eigenvalue weighted by molar-refractivity contribution is 0.270. The Balaban J connectivity index is 0.00000180. The molecule has 0 radical (unpaired) electrons. The van der Waals surface area contributed by atoms with E-state index in [1.807, 2.05) is 0 Å². The van der Waals surface area contributed by atoms with Gasteiger partial charge in [-0.25, -0.2) is 0 Å². The van der Waals surface area contributed by atoms with Crippen LogP contribution in [0.15, 0.2) is 4.99 Å². The second-order valence-corrected chi connectivity index (χ2v) is 6.40. The van der Waals surface area contributed by atoms with E-state index in [1.165, 1.54) is 44.9 Å². The Labute approximate surface area is 135 Å². The van der Waals surface area contributed by atoms with Crippen LogP contribution in [-0.2, 0) is 0 Å². The van der Waals surface area contributed by atoms with Gasteiger partial charge >= 0.3 is 0 Å². The summed E-state index contributed by atoms with van der Waals surface area (Å²) in [5.74, 6) is 1.65. The third-order valence-electron chi connectivity index (χ3n) is 5.10. The number of hydrogen-bond acceptors (Lipinski definition) is 1. The Morgan fingerprint density at radius 2 is 1.84 bits per heavy atom. The summed E-state index contributed by atoms with van der Waals surface area (Å²) in [5, 5.41) is 0. The minimum atomic E-state index is 0. The molecule has 4 heteroatoms. The molecule has 1 aliphatic heterocycles. The molecular formula is C15H30IN3.